The molecule has 2 bridgehead atoms. The number of rotatable bonds is 3. The third kappa shape index (κ3) is 2.06. The minimum Gasteiger partial charge on any atom is -0.459 e. The van der Waals surface area contributed by atoms with Crippen LogP contribution in [-0.2, 0) is 14.3 Å². The van der Waals surface area contributed by atoms with Crippen LogP contribution >= 0.6 is 0 Å². The fourth-order valence-electron chi connectivity index (χ4n) is 5.24. The van der Waals surface area contributed by atoms with E-state index < -0.39 is 5.97 Å². The number of hydrogen-bond acceptors (Lipinski definition) is 4. The number of nitrogens with zero attached hydrogens (tertiary/aromatic N) is 1. The second kappa shape index (κ2) is 5.29. The Kier molecular flexibility index (Phi) is 3.21. The normalized spacial score (nSPS) is 36.3. The average molecular weight is 351 g/mol. The second-order valence-electron chi connectivity index (χ2n) is 8.17. The summed E-state index contributed by atoms with van der Waals surface area (Å²) in [5, 5.41) is 0. The predicted molar refractivity (Wildman–Crippen MR) is 94.2 cm³/mol. The monoisotopic (exact) mass is 351 g/mol. The maximum atomic E-state index is 13.0. The van der Waals surface area contributed by atoms with E-state index in [1.165, 1.54) is 4.90 Å². The molecule has 1 aliphatic heterocycles. The topological polar surface area (TPSA) is 63.7 Å². The largest absolute Gasteiger partial charge is 0.459 e. The van der Waals surface area contributed by atoms with Gasteiger partial charge < -0.3 is 4.74 Å². The lowest BCUT2D eigenvalue weighted by Gasteiger charge is -2.37. The lowest BCUT2D eigenvalue weighted by Crippen LogP contribution is -2.40. The fourth-order valence-corrected chi connectivity index (χ4v) is 5.24. The molecule has 6 rings (SSSR count). The third-order valence-electron chi connectivity index (χ3n) is 6.37. The molecule has 3 fully saturated rings. The first-order valence-corrected chi connectivity index (χ1v) is 9.34. The Morgan fingerprint density at radius 3 is 2.04 bits per heavy atom. The Balaban J connectivity index is 1.42. The highest BCUT2D eigenvalue weighted by molar-refractivity contribution is 6.22. The Morgan fingerprint density at radius 2 is 1.54 bits per heavy atom. The molecule has 5 heteroatoms. The summed E-state index contributed by atoms with van der Waals surface area (Å²) in [7, 11) is 0. The van der Waals surface area contributed by atoms with Crippen molar-refractivity contribution in [3.8, 4) is 0 Å². The van der Waals surface area contributed by atoms with Crippen molar-refractivity contribution in [1.29, 1.82) is 0 Å². The van der Waals surface area contributed by atoms with Crippen molar-refractivity contribution in [3.05, 3.63) is 42.0 Å². The third-order valence-corrected chi connectivity index (χ3v) is 6.37. The van der Waals surface area contributed by atoms with Crippen LogP contribution in [-0.4, -0.2) is 23.9 Å². The first-order valence-electron chi connectivity index (χ1n) is 9.34. The van der Waals surface area contributed by atoms with Gasteiger partial charge in [-0.1, -0.05) is 12.2 Å². The molecule has 0 N–H and O–H groups in total. The van der Waals surface area contributed by atoms with Gasteiger partial charge in [0.25, 0.3) is 0 Å². The zero-order valence-electron chi connectivity index (χ0n) is 14.8. The highest BCUT2D eigenvalue weighted by Gasteiger charge is 2.67. The van der Waals surface area contributed by atoms with Crippen LogP contribution in [0.4, 0.5) is 5.69 Å². The van der Waals surface area contributed by atoms with Gasteiger partial charge in [-0.25, -0.2) is 4.79 Å². The molecule has 1 aromatic rings. The quantitative estimate of drug-likeness (QED) is 0.477. The van der Waals surface area contributed by atoms with Crippen LogP contribution in [0, 0.1) is 35.5 Å². The van der Waals surface area contributed by atoms with E-state index in [0.717, 1.165) is 6.42 Å². The fraction of sp³-hybridized carbons (Fsp3) is 0.476. The Labute approximate surface area is 152 Å². The smallest absolute Gasteiger partial charge is 0.338 e. The van der Waals surface area contributed by atoms with Gasteiger partial charge in [0.2, 0.25) is 11.8 Å². The van der Waals surface area contributed by atoms with Crippen LogP contribution in [0.3, 0.4) is 0 Å². The molecule has 4 aliphatic carbocycles. The molecule has 2 saturated carbocycles. The average Bonchev–Trinajstić information content (AvgIpc) is 3.39. The first kappa shape index (κ1) is 15.8. The molecule has 26 heavy (non-hydrogen) atoms. The minimum absolute atomic E-state index is 0.0813. The van der Waals surface area contributed by atoms with Crippen molar-refractivity contribution in [2.24, 2.45) is 35.5 Å². The van der Waals surface area contributed by atoms with Crippen molar-refractivity contribution < 1.29 is 19.1 Å². The minimum atomic E-state index is -0.401. The van der Waals surface area contributed by atoms with E-state index in [4.69, 9.17) is 4.74 Å². The summed E-state index contributed by atoms with van der Waals surface area (Å²) < 4.78 is 5.18. The van der Waals surface area contributed by atoms with E-state index in [2.05, 4.69) is 12.2 Å². The van der Waals surface area contributed by atoms with Gasteiger partial charge in [0.15, 0.2) is 0 Å². The van der Waals surface area contributed by atoms with Crippen LogP contribution in [0.15, 0.2) is 36.4 Å². The molecule has 5 nitrogen and oxygen atoms in total. The van der Waals surface area contributed by atoms with Crippen molar-refractivity contribution >= 4 is 23.5 Å². The summed E-state index contributed by atoms with van der Waals surface area (Å²) >= 11 is 0. The van der Waals surface area contributed by atoms with E-state index >= 15 is 0 Å². The molecule has 0 aromatic heterocycles. The molecule has 6 atom stereocenters. The molecule has 0 unspecified atom stereocenters. The highest BCUT2D eigenvalue weighted by atomic mass is 16.5. The van der Waals surface area contributed by atoms with Gasteiger partial charge in [0.05, 0.1) is 29.2 Å². The number of allylic oxidation sites excluding steroid dienone is 2. The van der Waals surface area contributed by atoms with Crippen molar-refractivity contribution in [2.45, 2.75) is 26.4 Å². The summed E-state index contributed by atoms with van der Waals surface area (Å²) in [5.74, 6) is 0.658. The van der Waals surface area contributed by atoms with Gasteiger partial charge in [0, 0.05) is 0 Å². The summed E-state index contributed by atoms with van der Waals surface area (Å²) in [6.07, 6.45) is 5.29. The van der Waals surface area contributed by atoms with Crippen LogP contribution < -0.4 is 4.90 Å². The molecule has 2 amide bonds. The maximum absolute atomic E-state index is 13.0. The van der Waals surface area contributed by atoms with Gasteiger partial charge in [-0.3, -0.25) is 14.5 Å². The van der Waals surface area contributed by atoms with Gasteiger partial charge in [-0.15, -0.1) is 0 Å². The van der Waals surface area contributed by atoms with Crippen molar-refractivity contribution in [1.82, 2.24) is 0 Å². The summed E-state index contributed by atoms with van der Waals surface area (Å²) in [4.78, 5) is 39.4. The number of hydrogen-bond donors (Lipinski definition) is 0. The zero-order chi connectivity index (χ0) is 18.2. The highest BCUT2D eigenvalue weighted by Crippen LogP contribution is 2.65. The molecule has 0 spiro atoms. The zero-order valence-corrected chi connectivity index (χ0v) is 14.8. The molecule has 1 aromatic carbocycles. The SMILES string of the molecule is CC(C)OC(=O)c1ccc(N2C(=O)[C@@H]3[C@H]4C=C[C@@H]([C@@H]5C[C@H]45)[C@H]3C2=O)cc1. The van der Waals surface area contributed by atoms with Crippen LogP contribution in [0.25, 0.3) is 0 Å². The first-order chi connectivity index (χ1) is 12.5. The number of carbonyl (C=O) groups is 3. The molecular formula is C21H21NO4. The van der Waals surface area contributed by atoms with Gasteiger partial charge in [-0.05, 0) is 68.2 Å². The van der Waals surface area contributed by atoms with E-state index in [0.29, 0.717) is 23.1 Å². The Hall–Kier alpha value is -2.43. The second-order valence-corrected chi connectivity index (χ2v) is 8.17. The lowest BCUT2D eigenvalue weighted by atomic mass is 9.63. The standard InChI is InChI=1S/C21H21NO4/c1-10(2)26-21(25)11-3-5-12(6-4-11)22-19(23)17-13-7-8-14(16-9-15(13)16)18(17)20(22)24/h3-8,10,13-18H,9H2,1-2H3/t13-,14-,15-,16+,17+,18+/m0/s1. The van der Waals surface area contributed by atoms with Gasteiger partial charge in [0.1, 0.15) is 0 Å². The van der Waals surface area contributed by atoms with Crippen LogP contribution in [0.5, 0.6) is 0 Å². The van der Waals surface area contributed by atoms with E-state index in [1.54, 1.807) is 38.1 Å². The van der Waals surface area contributed by atoms with Gasteiger partial charge in [-0.2, -0.15) is 0 Å². The molecular weight excluding hydrogens is 330 g/mol. The summed E-state index contributed by atoms with van der Waals surface area (Å²) in [6, 6.07) is 6.57. The maximum Gasteiger partial charge on any atom is 0.338 e. The Bertz CT molecular complexity index is 804. The molecule has 0 radical (unpaired) electrons. The number of benzene rings is 1. The number of esters is 1. The predicted octanol–water partition coefficient (Wildman–Crippen LogP) is 2.81. The number of imide groups is 1. The molecule has 1 heterocycles. The molecule has 1 saturated heterocycles. The van der Waals surface area contributed by atoms with Crippen molar-refractivity contribution in [2.75, 3.05) is 4.90 Å². The molecule has 134 valence electrons. The van der Waals surface area contributed by atoms with E-state index in [9.17, 15) is 14.4 Å². The summed E-state index contributed by atoms with van der Waals surface area (Å²) in [6.45, 7) is 3.59. The number of ether oxygens (including phenoxy) is 1. The number of amides is 2. The van der Waals surface area contributed by atoms with Gasteiger partial charge >= 0.3 is 5.97 Å². The van der Waals surface area contributed by atoms with E-state index in [-0.39, 0.29) is 41.6 Å². The van der Waals surface area contributed by atoms with Crippen molar-refractivity contribution in [3.63, 3.8) is 0 Å². The van der Waals surface area contributed by atoms with Crippen LogP contribution in [0.2, 0.25) is 0 Å². The van der Waals surface area contributed by atoms with E-state index in [1.807, 2.05) is 0 Å². The number of anilines is 1. The summed E-state index contributed by atoms with van der Waals surface area (Å²) in [5.41, 5.74) is 0.963. The lowest BCUT2D eigenvalue weighted by molar-refractivity contribution is -0.124. The number of carbonyl (C=O) groups excluding carboxylic acids is 3. The Morgan fingerprint density at radius 1 is 1.00 bits per heavy atom. The van der Waals surface area contributed by atoms with Crippen LogP contribution in [0.1, 0.15) is 30.6 Å². The molecule has 5 aliphatic rings.